The zero-order chi connectivity index (χ0) is 18.8. The zero-order valence-electron chi connectivity index (χ0n) is 14.0. The van der Waals surface area contributed by atoms with E-state index in [1.165, 1.54) is 46.6 Å². The molecule has 1 amide bonds. The SMILES string of the molecule is Cc1nc2c(SCC(=O)Nc3nccs3)nnc(-c3ccc(F)cc3)c2s1. The number of anilines is 1. The number of amides is 1. The Hall–Kier alpha value is -2.43. The zero-order valence-corrected chi connectivity index (χ0v) is 16.4. The molecule has 3 heterocycles. The smallest absolute Gasteiger partial charge is 0.236 e. The highest BCUT2D eigenvalue weighted by Crippen LogP contribution is 2.35. The predicted octanol–water partition coefficient (Wildman–Crippen LogP) is 4.39. The molecule has 3 aromatic heterocycles. The van der Waals surface area contributed by atoms with E-state index in [0.29, 0.717) is 21.4 Å². The molecule has 0 radical (unpaired) electrons. The van der Waals surface area contributed by atoms with Gasteiger partial charge in [-0.25, -0.2) is 14.4 Å². The van der Waals surface area contributed by atoms with Crippen molar-refractivity contribution in [2.75, 3.05) is 11.1 Å². The number of fused-ring (bicyclic) bond motifs is 1. The molecular formula is C17H12FN5OS3. The van der Waals surface area contributed by atoms with Crippen LogP contribution in [0.1, 0.15) is 5.01 Å². The summed E-state index contributed by atoms with van der Waals surface area (Å²) >= 11 is 4.14. The summed E-state index contributed by atoms with van der Waals surface area (Å²) < 4.78 is 14.1. The Kier molecular flexibility index (Phi) is 5.10. The summed E-state index contributed by atoms with van der Waals surface area (Å²) in [4.78, 5) is 20.7. The van der Waals surface area contributed by atoms with Crippen LogP contribution in [0.25, 0.3) is 21.5 Å². The second-order valence-electron chi connectivity index (χ2n) is 5.45. The van der Waals surface area contributed by atoms with Gasteiger partial charge in [0.2, 0.25) is 5.91 Å². The van der Waals surface area contributed by atoms with Crippen molar-refractivity contribution < 1.29 is 9.18 Å². The monoisotopic (exact) mass is 417 g/mol. The number of nitrogens with one attached hydrogen (secondary N) is 1. The van der Waals surface area contributed by atoms with Crippen molar-refractivity contribution in [1.82, 2.24) is 20.2 Å². The Morgan fingerprint density at radius 1 is 1.26 bits per heavy atom. The van der Waals surface area contributed by atoms with Crippen molar-refractivity contribution in [2.24, 2.45) is 0 Å². The fourth-order valence-electron chi connectivity index (χ4n) is 2.39. The minimum atomic E-state index is -0.304. The highest BCUT2D eigenvalue weighted by atomic mass is 32.2. The van der Waals surface area contributed by atoms with E-state index in [-0.39, 0.29) is 17.5 Å². The highest BCUT2D eigenvalue weighted by Gasteiger charge is 2.17. The molecule has 0 fully saturated rings. The maximum Gasteiger partial charge on any atom is 0.236 e. The largest absolute Gasteiger partial charge is 0.301 e. The fourth-order valence-corrected chi connectivity index (χ4v) is 4.65. The van der Waals surface area contributed by atoms with E-state index < -0.39 is 0 Å². The van der Waals surface area contributed by atoms with Crippen molar-refractivity contribution in [3.05, 3.63) is 46.7 Å². The molecule has 0 atom stereocenters. The van der Waals surface area contributed by atoms with Gasteiger partial charge in [-0.2, -0.15) is 0 Å². The van der Waals surface area contributed by atoms with Crippen LogP contribution in [0.5, 0.6) is 0 Å². The summed E-state index contributed by atoms with van der Waals surface area (Å²) in [5.41, 5.74) is 2.14. The van der Waals surface area contributed by atoms with E-state index in [1.807, 2.05) is 6.92 Å². The number of aryl methyl sites for hydroxylation is 1. The first-order valence-corrected chi connectivity index (χ1v) is 10.5. The van der Waals surface area contributed by atoms with E-state index in [9.17, 15) is 9.18 Å². The van der Waals surface area contributed by atoms with E-state index in [4.69, 9.17) is 0 Å². The summed E-state index contributed by atoms with van der Waals surface area (Å²) in [6, 6.07) is 6.12. The molecule has 4 aromatic rings. The summed E-state index contributed by atoms with van der Waals surface area (Å²) in [5.74, 6) is -0.295. The van der Waals surface area contributed by atoms with Gasteiger partial charge in [-0.1, -0.05) is 11.8 Å². The van der Waals surface area contributed by atoms with E-state index in [1.54, 1.807) is 23.7 Å². The molecule has 10 heteroatoms. The van der Waals surface area contributed by atoms with Crippen LogP contribution in [-0.2, 0) is 4.79 Å². The van der Waals surface area contributed by atoms with Gasteiger partial charge in [0.15, 0.2) is 5.13 Å². The summed E-state index contributed by atoms with van der Waals surface area (Å²) in [7, 11) is 0. The average molecular weight is 418 g/mol. The molecule has 136 valence electrons. The van der Waals surface area contributed by atoms with Gasteiger partial charge >= 0.3 is 0 Å². The molecule has 0 saturated carbocycles. The molecule has 0 aliphatic heterocycles. The molecule has 0 aliphatic carbocycles. The molecule has 0 saturated heterocycles. The van der Waals surface area contributed by atoms with Crippen LogP contribution in [0, 0.1) is 12.7 Å². The predicted molar refractivity (Wildman–Crippen MR) is 107 cm³/mol. The van der Waals surface area contributed by atoms with Crippen molar-refractivity contribution in [3.63, 3.8) is 0 Å². The number of thiazole rings is 2. The van der Waals surface area contributed by atoms with Crippen LogP contribution >= 0.6 is 34.4 Å². The molecule has 0 spiro atoms. The maximum absolute atomic E-state index is 13.2. The number of rotatable bonds is 5. The van der Waals surface area contributed by atoms with Crippen LogP contribution in [-0.4, -0.2) is 31.8 Å². The lowest BCUT2D eigenvalue weighted by Gasteiger charge is -2.05. The minimum absolute atomic E-state index is 0.167. The first-order chi connectivity index (χ1) is 13.1. The first kappa shape index (κ1) is 18.0. The van der Waals surface area contributed by atoms with Gasteiger partial charge in [0.05, 0.1) is 15.5 Å². The van der Waals surface area contributed by atoms with Gasteiger partial charge in [0, 0.05) is 17.1 Å². The molecular weight excluding hydrogens is 405 g/mol. The van der Waals surface area contributed by atoms with Gasteiger partial charge in [-0.05, 0) is 31.2 Å². The third-order valence-electron chi connectivity index (χ3n) is 3.53. The second-order valence-corrected chi connectivity index (χ2v) is 8.51. The van der Waals surface area contributed by atoms with E-state index in [0.717, 1.165) is 15.3 Å². The lowest BCUT2D eigenvalue weighted by atomic mass is 10.1. The van der Waals surface area contributed by atoms with Gasteiger partial charge in [-0.3, -0.25) is 4.79 Å². The van der Waals surface area contributed by atoms with Gasteiger partial charge in [0.1, 0.15) is 22.1 Å². The Bertz CT molecular complexity index is 1100. The molecule has 4 rings (SSSR count). The highest BCUT2D eigenvalue weighted by molar-refractivity contribution is 8.00. The van der Waals surface area contributed by atoms with E-state index >= 15 is 0 Å². The van der Waals surface area contributed by atoms with E-state index in [2.05, 4.69) is 25.5 Å². The van der Waals surface area contributed by atoms with Crippen LogP contribution in [0.15, 0.2) is 40.9 Å². The standard InChI is InChI=1S/C17H12FN5OS3/c1-9-20-14-15(27-9)13(10-2-4-11(18)5-3-10)22-23-16(14)26-8-12(24)21-17-19-6-7-25-17/h2-7H,8H2,1H3,(H,19,21,24). The average Bonchev–Trinajstić information content (AvgIpc) is 3.29. The molecule has 6 nitrogen and oxygen atoms in total. The first-order valence-electron chi connectivity index (χ1n) is 7.82. The van der Waals surface area contributed by atoms with Crippen molar-refractivity contribution in [1.29, 1.82) is 0 Å². The number of hydrogen-bond donors (Lipinski definition) is 1. The fraction of sp³-hybridized carbons (Fsp3) is 0.118. The Balaban J connectivity index is 1.60. The topological polar surface area (TPSA) is 80.7 Å². The van der Waals surface area contributed by atoms with Crippen molar-refractivity contribution in [2.45, 2.75) is 11.9 Å². The number of carbonyl (C=O) groups is 1. The lowest BCUT2D eigenvalue weighted by Crippen LogP contribution is -2.14. The second kappa shape index (κ2) is 7.67. The third-order valence-corrected chi connectivity index (χ3v) is 6.15. The van der Waals surface area contributed by atoms with Crippen molar-refractivity contribution >= 4 is 55.7 Å². The third kappa shape index (κ3) is 3.97. The normalized spacial score (nSPS) is 11.0. The van der Waals surface area contributed by atoms with Gasteiger partial charge < -0.3 is 5.32 Å². The quantitative estimate of drug-likeness (QED) is 0.485. The lowest BCUT2D eigenvalue weighted by molar-refractivity contribution is -0.113. The van der Waals surface area contributed by atoms with Crippen LogP contribution in [0.3, 0.4) is 0 Å². The number of benzene rings is 1. The maximum atomic E-state index is 13.2. The summed E-state index contributed by atoms with van der Waals surface area (Å²) in [6.07, 6.45) is 1.63. The molecule has 1 N–H and O–H groups in total. The van der Waals surface area contributed by atoms with Gasteiger partial charge in [-0.15, -0.1) is 32.9 Å². The summed E-state index contributed by atoms with van der Waals surface area (Å²) in [6.45, 7) is 1.91. The van der Waals surface area contributed by atoms with Crippen LogP contribution in [0.2, 0.25) is 0 Å². The number of carbonyl (C=O) groups excluding carboxylic acids is 1. The Labute approximate surface area is 165 Å². The minimum Gasteiger partial charge on any atom is -0.301 e. The summed E-state index contributed by atoms with van der Waals surface area (Å²) in [5, 5.41) is 15.1. The van der Waals surface area contributed by atoms with Gasteiger partial charge in [0.25, 0.3) is 0 Å². The van der Waals surface area contributed by atoms with Crippen molar-refractivity contribution in [3.8, 4) is 11.3 Å². The number of nitrogens with zero attached hydrogens (tertiary/aromatic N) is 4. The molecule has 1 aromatic carbocycles. The Morgan fingerprint density at radius 3 is 2.81 bits per heavy atom. The number of aromatic nitrogens is 4. The number of thioether (sulfide) groups is 1. The molecule has 27 heavy (non-hydrogen) atoms. The van der Waals surface area contributed by atoms with Crippen LogP contribution in [0.4, 0.5) is 9.52 Å². The Morgan fingerprint density at radius 2 is 2.07 bits per heavy atom. The number of hydrogen-bond acceptors (Lipinski definition) is 8. The van der Waals surface area contributed by atoms with Crippen LogP contribution < -0.4 is 5.32 Å². The molecule has 0 unspecified atom stereocenters. The molecule has 0 bridgehead atoms. The molecule has 0 aliphatic rings. The number of halogens is 1.